The van der Waals surface area contributed by atoms with E-state index in [1.54, 1.807) is 30.6 Å². The molecule has 2 aromatic heterocycles. The normalized spacial score (nSPS) is 15.0. The van der Waals surface area contributed by atoms with Crippen LogP contribution in [0.1, 0.15) is 11.1 Å². The first-order valence-corrected chi connectivity index (χ1v) is 9.12. The van der Waals surface area contributed by atoms with Gasteiger partial charge < -0.3 is 10.0 Å². The predicted octanol–water partition coefficient (Wildman–Crippen LogP) is 3.18. The summed E-state index contributed by atoms with van der Waals surface area (Å²) in [5.74, 6) is 0.925. The van der Waals surface area contributed by atoms with Gasteiger partial charge in [0.15, 0.2) is 0 Å². The second-order valence-electron chi connectivity index (χ2n) is 6.52. The zero-order valence-corrected chi connectivity index (χ0v) is 15.4. The first-order chi connectivity index (χ1) is 13.2. The summed E-state index contributed by atoms with van der Waals surface area (Å²) >= 11 is 6.37. The average Bonchev–Trinajstić information content (AvgIpc) is 2.72. The van der Waals surface area contributed by atoms with Crippen molar-refractivity contribution in [1.29, 1.82) is 5.26 Å². The number of phenolic OH excluding ortho intramolecular Hbond substituents is 1. The van der Waals surface area contributed by atoms with Gasteiger partial charge in [0.05, 0.1) is 10.6 Å². The Kier molecular flexibility index (Phi) is 4.80. The van der Waals surface area contributed by atoms with Gasteiger partial charge in [-0.3, -0.25) is 9.88 Å². The largest absolute Gasteiger partial charge is 0.505 e. The van der Waals surface area contributed by atoms with Crippen molar-refractivity contribution in [3.05, 3.63) is 58.9 Å². The van der Waals surface area contributed by atoms with E-state index in [1.165, 1.54) is 0 Å². The summed E-state index contributed by atoms with van der Waals surface area (Å²) in [6, 6.07) is 11.2. The predicted molar refractivity (Wildman–Crippen MR) is 105 cm³/mol. The number of piperazine rings is 1. The van der Waals surface area contributed by atoms with Crippen LogP contribution >= 0.6 is 11.6 Å². The molecule has 0 saturated carbocycles. The Hall–Kier alpha value is -2.88. The third kappa shape index (κ3) is 3.39. The van der Waals surface area contributed by atoms with Gasteiger partial charge in [-0.15, -0.1) is 0 Å². The molecule has 1 saturated heterocycles. The van der Waals surface area contributed by atoms with Crippen molar-refractivity contribution in [3.63, 3.8) is 0 Å². The third-order valence-corrected chi connectivity index (χ3v) is 5.18. The van der Waals surface area contributed by atoms with Gasteiger partial charge in [0.2, 0.25) is 0 Å². The molecule has 3 heterocycles. The summed E-state index contributed by atoms with van der Waals surface area (Å²) < 4.78 is 0. The molecular formula is C20H18ClN5O. The SMILES string of the molecule is N#Cc1cccnc1N1CCN(Cc2cc(Cl)c3cccnc3c2O)CC1. The Morgan fingerprint density at radius 2 is 1.85 bits per heavy atom. The van der Waals surface area contributed by atoms with Crippen molar-refractivity contribution in [1.82, 2.24) is 14.9 Å². The molecule has 1 fully saturated rings. The number of rotatable bonds is 3. The van der Waals surface area contributed by atoms with Gasteiger partial charge in [-0.05, 0) is 30.3 Å². The zero-order valence-electron chi connectivity index (χ0n) is 14.6. The van der Waals surface area contributed by atoms with Gasteiger partial charge >= 0.3 is 0 Å². The lowest BCUT2D eigenvalue weighted by Gasteiger charge is -2.35. The van der Waals surface area contributed by atoms with E-state index in [0.29, 0.717) is 22.6 Å². The van der Waals surface area contributed by atoms with Gasteiger partial charge in [-0.2, -0.15) is 5.26 Å². The summed E-state index contributed by atoms with van der Waals surface area (Å²) in [4.78, 5) is 13.0. The zero-order chi connectivity index (χ0) is 18.8. The number of halogens is 1. The molecule has 1 aliphatic heterocycles. The number of hydrogen-bond acceptors (Lipinski definition) is 6. The second kappa shape index (κ2) is 7.39. The summed E-state index contributed by atoms with van der Waals surface area (Å²) in [6.45, 7) is 3.74. The number of anilines is 1. The van der Waals surface area contributed by atoms with Crippen LogP contribution in [0.2, 0.25) is 5.02 Å². The van der Waals surface area contributed by atoms with Crippen molar-refractivity contribution in [2.75, 3.05) is 31.1 Å². The minimum Gasteiger partial charge on any atom is -0.505 e. The van der Waals surface area contributed by atoms with E-state index >= 15 is 0 Å². The van der Waals surface area contributed by atoms with Crippen molar-refractivity contribution < 1.29 is 5.11 Å². The molecule has 6 nitrogen and oxygen atoms in total. The van der Waals surface area contributed by atoms with Crippen LogP contribution in [-0.4, -0.2) is 46.2 Å². The quantitative estimate of drug-likeness (QED) is 0.753. The molecule has 0 unspecified atom stereocenters. The standard InChI is InChI=1S/C20H18ClN5O/c21-17-11-15(19(27)18-16(17)4-2-5-23-18)13-25-7-9-26(10-8-25)20-14(12-22)3-1-6-24-20/h1-6,11,27H,7-10,13H2. The molecule has 0 spiro atoms. The molecule has 136 valence electrons. The molecule has 4 rings (SSSR count). The number of phenols is 1. The van der Waals surface area contributed by atoms with E-state index in [0.717, 1.165) is 42.9 Å². The van der Waals surface area contributed by atoms with Gasteiger partial charge in [-0.1, -0.05) is 11.6 Å². The number of benzene rings is 1. The van der Waals surface area contributed by atoms with Crippen LogP contribution in [0.5, 0.6) is 5.75 Å². The molecule has 0 bridgehead atoms. The Balaban J connectivity index is 1.49. The highest BCUT2D eigenvalue weighted by molar-refractivity contribution is 6.35. The highest BCUT2D eigenvalue weighted by Gasteiger charge is 2.22. The maximum atomic E-state index is 10.6. The molecule has 3 aromatic rings. The number of fused-ring (bicyclic) bond motifs is 1. The summed E-state index contributed by atoms with van der Waals surface area (Å²) in [6.07, 6.45) is 3.37. The van der Waals surface area contributed by atoms with E-state index in [1.807, 2.05) is 12.1 Å². The number of hydrogen-bond donors (Lipinski definition) is 1. The fraction of sp³-hybridized carbons (Fsp3) is 0.250. The van der Waals surface area contributed by atoms with Crippen LogP contribution in [0.25, 0.3) is 10.9 Å². The first-order valence-electron chi connectivity index (χ1n) is 8.75. The third-order valence-electron chi connectivity index (χ3n) is 4.87. The molecule has 7 heteroatoms. The van der Waals surface area contributed by atoms with Crippen molar-refractivity contribution in [3.8, 4) is 11.8 Å². The van der Waals surface area contributed by atoms with Crippen molar-refractivity contribution in [2.45, 2.75) is 6.54 Å². The fourth-order valence-electron chi connectivity index (χ4n) is 3.45. The first kappa shape index (κ1) is 17.5. The van der Waals surface area contributed by atoms with Crippen molar-refractivity contribution >= 4 is 28.3 Å². The monoisotopic (exact) mass is 379 g/mol. The lowest BCUT2D eigenvalue weighted by Crippen LogP contribution is -2.46. The van der Waals surface area contributed by atoms with Gasteiger partial charge in [-0.25, -0.2) is 4.98 Å². The van der Waals surface area contributed by atoms with Crippen LogP contribution in [0.3, 0.4) is 0 Å². The number of nitriles is 1. The van der Waals surface area contributed by atoms with E-state index in [2.05, 4.69) is 25.8 Å². The summed E-state index contributed by atoms with van der Waals surface area (Å²) in [5, 5.41) is 21.2. The van der Waals surface area contributed by atoms with Gasteiger partial charge in [0.1, 0.15) is 23.2 Å². The molecule has 0 atom stereocenters. The Bertz CT molecular complexity index is 1020. The molecule has 1 aliphatic rings. The number of nitrogens with zero attached hydrogens (tertiary/aromatic N) is 5. The molecule has 0 aliphatic carbocycles. The fourth-order valence-corrected chi connectivity index (χ4v) is 3.74. The minimum absolute atomic E-state index is 0.189. The summed E-state index contributed by atoms with van der Waals surface area (Å²) in [7, 11) is 0. The van der Waals surface area contributed by atoms with E-state index < -0.39 is 0 Å². The van der Waals surface area contributed by atoms with Gasteiger partial charge in [0.25, 0.3) is 0 Å². The second-order valence-corrected chi connectivity index (χ2v) is 6.92. The van der Waals surface area contributed by atoms with E-state index in [4.69, 9.17) is 11.6 Å². The molecule has 27 heavy (non-hydrogen) atoms. The van der Waals surface area contributed by atoms with Crippen LogP contribution in [0.15, 0.2) is 42.7 Å². The van der Waals surface area contributed by atoms with E-state index in [-0.39, 0.29) is 5.75 Å². The Morgan fingerprint density at radius 1 is 1.11 bits per heavy atom. The molecule has 1 N–H and O–H groups in total. The molecule has 0 radical (unpaired) electrons. The van der Waals surface area contributed by atoms with Crippen molar-refractivity contribution in [2.24, 2.45) is 0 Å². The lowest BCUT2D eigenvalue weighted by molar-refractivity contribution is 0.246. The minimum atomic E-state index is 0.189. The van der Waals surface area contributed by atoms with Crippen LogP contribution in [0.4, 0.5) is 5.82 Å². The Morgan fingerprint density at radius 3 is 2.63 bits per heavy atom. The van der Waals surface area contributed by atoms with Gasteiger partial charge in [0, 0.05) is 56.1 Å². The average molecular weight is 380 g/mol. The number of aromatic hydroxyl groups is 1. The van der Waals surface area contributed by atoms with Crippen LogP contribution in [0, 0.1) is 11.3 Å². The molecule has 0 amide bonds. The number of pyridine rings is 2. The smallest absolute Gasteiger partial charge is 0.146 e. The molecule has 1 aromatic carbocycles. The maximum absolute atomic E-state index is 10.6. The highest BCUT2D eigenvalue weighted by Crippen LogP contribution is 2.33. The Labute approximate surface area is 162 Å². The number of aromatic nitrogens is 2. The maximum Gasteiger partial charge on any atom is 0.146 e. The van der Waals surface area contributed by atoms with Crippen LogP contribution < -0.4 is 4.90 Å². The lowest BCUT2D eigenvalue weighted by atomic mass is 10.1. The highest BCUT2D eigenvalue weighted by atomic mass is 35.5. The molecular weight excluding hydrogens is 362 g/mol. The van der Waals surface area contributed by atoms with Crippen LogP contribution in [-0.2, 0) is 6.54 Å². The summed E-state index contributed by atoms with van der Waals surface area (Å²) in [5.41, 5.74) is 1.90. The topological polar surface area (TPSA) is 76.3 Å². The van der Waals surface area contributed by atoms with E-state index in [9.17, 15) is 10.4 Å².